The number of benzene rings is 2. The highest BCUT2D eigenvalue weighted by Gasteiger charge is 2.53. The Labute approximate surface area is 209 Å². The number of halogens is 1. The molecule has 4 heterocycles. The summed E-state index contributed by atoms with van der Waals surface area (Å²) in [4.78, 5) is 57.2. The van der Waals surface area contributed by atoms with E-state index in [2.05, 4.69) is 10.3 Å². The van der Waals surface area contributed by atoms with Gasteiger partial charge in [-0.05, 0) is 61.0 Å². The summed E-state index contributed by atoms with van der Waals surface area (Å²) in [5, 5.41) is 4.29. The van der Waals surface area contributed by atoms with E-state index in [1.165, 1.54) is 15.5 Å². The molecule has 4 amide bonds. The second-order valence-corrected chi connectivity index (χ2v) is 9.24. The summed E-state index contributed by atoms with van der Waals surface area (Å²) >= 11 is 6.04. The minimum absolute atomic E-state index is 0.184. The first-order chi connectivity index (χ1) is 17.4. The third-order valence-corrected chi connectivity index (χ3v) is 6.90. The topological polar surface area (TPSA) is 108 Å². The normalized spacial score (nSPS) is 19.2. The summed E-state index contributed by atoms with van der Waals surface area (Å²) in [6.07, 6.45) is 2.12. The molecule has 2 aliphatic rings. The second kappa shape index (κ2) is 8.39. The average molecular weight is 502 g/mol. The number of pyridine rings is 1. The fraction of sp³-hybridized carbons (Fsp3) is 0.154. The lowest BCUT2D eigenvalue weighted by molar-refractivity contribution is -0.119. The number of hydrogen-bond acceptors (Lipinski definition) is 4. The Bertz CT molecular complexity index is 1590. The lowest BCUT2D eigenvalue weighted by Crippen LogP contribution is -2.46. The van der Waals surface area contributed by atoms with Gasteiger partial charge in [-0.15, -0.1) is 0 Å². The molecule has 0 unspecified atom stereocenters. The standard InChI is InChI=1S/C26H20ClN5O4/c27-16-4-9-19-15(13-16)14-21(28-19)24(34)29-20-10-12-31-23(20)25(35)32(26(31)36)18-7-5-17(6-8-18)30-11-2-1-3-22(30)33/h1-9,11,13-14,20,23,28H,10,12H2,(H,29,34)/t20-,23+/m1/s1. The molecular weight excluding hydrogens is 482 g/mol. The number of nitrogens with zero attached hydrogens (tertiary/aromatic N) is 3. The summed E-state index contributed by atoms with van der Waals surface area (Å²) in [6, 6.07) is 16.8. The number of aromatic amines is 1. The van der Waals surface area contributed by atoms with Crippen molar-refractivity contribution in [1.82, 2.24) is 19.8 Å². The SMILES string of the molecule is O=C(N[C@@H]1CCN2C(=O)N(c3ccc(-n4ccccc4=O)cc3)C(=O)[C@H]12)c1cc2cc(Cl)ccc2[nH]1. The highest BCUT2D eigenvalue weighted by Crippen LogP contribution is 2.32. The van der Waals surface area contributed by atoms with Crippen LogP contribution in [-0.2, 0) is 4.79 Å². The molecule has 0 bridgehead atoms. The van der Waals surface area contributed by atoms with Crippen LogP contribution >= 0.6 is 11.6 Å². The smallest absolute Gasteiger partial charge is 0.332 e. The van der Waals surface area contributed by atoms with Crippen LogP contribution in [0.5, 0.6) is 0 Å². The van der Waals surface area contributed by atoms with E-state index in [0.29, 0.717) is 35.1 Å². The van der Waals surface area contributed by atoms with Gasteiger partial charge >= 0.3 is 6.03 Å². The van der Waals surface area contributed by atoms with Crippen molar-refractivity contribution in [3.05, 3.63) is 94.0 Å². The van der Waals surface area contributed by atoms with E-state index in [1.54, 1.807) is 66.9 Å². The maximum Gasteiger partial charge on any atom is 0.332 e. The Balaban J connectivity index is 1.21. The molecule has 180 valence electrons. The summed E-state index contributed by atoms with van der Waals surface area (Å²) in [5.74, 6) is -0.749. The highest BCUT2D eigenvalue weighted by molar-refractivity contribution is 6.31. The summed E-state index contributed by atoms with van der Waals surface area (Å²) in [5.41, 5.74) is 1.97. The van der Waals surface area contributed by atoms with Gasteiger partial charge in [0.25, 0.3) is 17.4 Å². The monoisotopic (exact) mass is 501 g/mol. The van der Waals surface area contributed by atoms with Crippen LogP contribution < -0.4 is 15.8 Å². The molecule has 4 aromatic rings. The number of aromatic nitrogens is 2. The van der Waals surface area contributed by atoms with Crippen molar-refractivity contribution in [3.8, 4) is 5.69 Å². The van der Waals surface area contributed by atoms with Crippen molar-refractivity contribution < 1.29 is 14.4 Å². The van der Waals surface area contributed by atoms with Crippen LogP contribution in [0, 0.1) is 0 Å². The van der Waals surface area contributed by atoms with Gasteiger partial charge in [0, 0.05) is 40.4 Å². The van der Waals surface area contributed by atoms with Crippen molar-refractivity contribution in [3.63, 3.8) is 0 Å². The molecule has 2 N–H and O–H groups in total. The molecule has 2 aliphatic heterocycles. The summed E-state index contributed by atoms with van der Waals surface area (Å²) < 4.78 is 1.47. The van der Waals surface area contributed by atoms with Gasteiger partial charge in [0.1, 0.15) is 11.7 Å². The fourth-order valence-electron chi connectivity index (χ4n) is 4.93. The number of carbonyl (C=O) groups excluding carboxylic acids is 3. The number of anilines is 1. The first-order valence-electron chi connectivity index (χ1n) is 11.4. The van der Waals surface area contributed by atoms with Crippen molar-refractivity contribution in [2.24, 2.45) is 0 Å². The Morgan fingerprint density at radius 3 is 2.53 bits per heavy atom. The van der Waals surface area contributed by atoms with Gasteiger partial charge in [0.05, 0.1) is 11.7 Å². The van der Waals surface area contributed by atoms with Crippen molar-refractivity contribution in [2.45, 2.75) is 18.5 Å². The predicted molar refractivity (Wildman–Crippen MR) is 135 cm³/mol. The minimum atomic E-state index is -0.781. The van der Waals surface area contributed by atoms with Crippen LogP contribution in [0.1, 0.15) is 16.9 Å². The van der Waals surface area contributed by atoms with Gasteiger partial charge in [0.15, 0.2) is 0 Å². The molecule has 10 heteroatoms. The molecule has 0 radical (unpaired) electrons. The van der Waals surface area contributed by atoms with Crippen LogP contribution in [0.4, 0.5) is 10.5 Å². The minimum Gasteiger partial charge on any atom is -0.351 e. The quantitative estimate of drug-likeness (QED) is 0.418. The zero-order valence-electron chi connectivity index (χ0n) is 18.8. The molecule has 9 nitrogen and oxygen atoms in total. The molecule has 6 rings (SSSR count). The van der Waals surface area contributed by atoms with E-state index in [1.807, 2.05) is 0 Å². The highest BCUT2D eigenvalue weighted by atomic mass is 35.5. The van der Waals surface area contributed by atoms with Gasteiger partial charge < -0.3 is 15.2 Å². The van der Waals surface area contributed by atoms with Crippen LogP contribution in [0.2, 0.25) is 5.02 Å². The third-order valence-electron chi connectivity index (χ3n) is 6.66. The van der Waals surface area contributed by atoms with E-state index >= 15 is 0 Å². The number of amides is 4. The first-order valence-corrected chi connectivity index (χ1v) is 11.8. The molecule has 2 aromatic heterocycles. The predicted octanol–water partition coefficient (Wildman–Crippen LogP) is 3.31. The maximum absolute atomic E-state index is 13.3. The molecule has 2 saturated heterocycles. The van der Waals surface area contributed by atoms with E-state index in [9.17, 15) is 19.2 Å². The maximum atomic E-state index is 13.3. The summed E-state index contributed by atoms with van der Waals surface area (Å²) in [6.45, 7) is 0.358. The lowest BCUT2D eigenvalue weighted by atomic mass is 10.1. The molecule has 2 aromatic carbocycles. The van der Waals surface area contributed by atoms with Gasteiger partial charge in [-0.1, -0.05) is 17.7 Å². The number of nitrogens with one attached hydrogen (secondary N) is 2. The lowest BCUT2D eigenvalue weighted by Gasteiger charge is -2.19. The van der Waals surface area contributed by atoms with Gasteiger partial charge in [-0.25, -0.2) is 9.69 Å². The van der Waals surface area contributed by atoms with Crippen molar-refractivity contribution in [1.29, 1.82) is 0 Å². The molecular formula is C26H20ClN5O4. The number of H-pyrrole nitrogens is 1. The molecule has 0 aliphatic carbocycles. The molecule has 36 heavy (non-hydrogen) atoms. The van der Waals surface area contributed by atoms with Crippen LogP contribution in [0.3, 0.4) is 0 Å². The molecule has 2 fully saturated rings. The fourth-order valence-corrected chi connectivity index (χ4v) is 5.11. The van der Waals surface area contributed by atoms with E-state index < -0.39 is 24.0 Å². The number of carbonyl (C=O) groups is 3. The Kier molecular flexibility index (Phi) is 5.15. The zero-order valence-corrected chi connectivity index (χ0v) is 19.6. The largest absolute Gasteiger partial charge is 0.351 e. The summed E-state index contributed by atoms with van der Waals surface area (Å²) in [7, 11) is 0. The van der Waals surface area contributed by atoms with Crippen molar-refractivity contribution in [2.75, 3.05) is 11.4 Å². The van der Waals surface area contributed by atoms with Gasteiger partial charge in [0.2, 0.25) is 0 Å². The molecule has 0 saturated carbocycles. The van der Waals surface area contributed by atoms with E-state index in [-0.39, 0.29) is 11.5 Å². The number of fused-ring (bicyclic) bond motifs is 2. The number of rotatable bonds is 4. The number of imide groups is 1. The zero-order chi connectivity index (χ0) is 25.0. The van der Waals surface area contributed by atoms with Crippen molar-refractivity contribution >= 4 is 46.0 Å². The van der Waals surface area contributed by atoms with Crippen LogP contribution in [0.15, 0.2) is 77.7 Å². The Morgan fingerprint density at radius 1 is 0.972 bits per heavy atom. The van der Waals surface area contributed by atoms with Gasteiger partial charge in [-0.2, -0.15) is 0 Å². The van der Waals surface area contributed by atoms with E-state index in [0.717, 1.165) is 15.8 Å². The first kappa shape index (κ1) is 22.1. The van der Waals surface area contributed by atoms with Crippen LogP contribution in [-0.4, -0.2) is 50.9 Å². The molecule has 0 spiro atoms. The third kappa shape index (κ3) is 3.56. The van der Waals surface area contributed by atoms with Gasteiger partial charge in [-0.3, -0.25) is 19.0 Å². The van der Waals surface area contributed by atoms with Crippen LogP contribution in [0.25, 0.3) is 16.6 Å². The second-order valence-electron chi connectivity index (χ2n) is 8.80. The molecule has 2 atom stereocenters. The number of hydrogen-bond donors (Lipinski definition) is 2. The Morgan fingerprint density at radius 2 is 1.75 bits per heavy atom. The number of urea groups is 1. The van der Waals surface area contributed by atoms with E-state index in [4.69, 9.17) is 11.6 Å². The Hall–Kier alpha value is -4.37. The average Bonchev–Trinajstić information content (AvgIpc) is 3.55.